The molecule has 1 aliphatic rings. The Hall–Kier alpha value is -0.280. The molecule has 1 aliphatic carbocycles. The lowest BCUT2D eigenvalue weighted by atomic mass is 9.85. The highest BCUT2D eigenvalue weighted by molar-refractivity contribution is 5.85. The van der Waals surface area contributed by atoms with Crippen molar-refractivity contribution in [2.45, 2.75) is 31.9 Å². The van der Waals surface area contributed by atoms with Gasteiger partial charge in [-0.3, -0.25) is 5.73 Å². The third-order valence-corrected chi connectivity index (χ3v) is 2.87. The summed E-state index contributed by atoms with van der Waals surface area (Å²) in [6, 6.07) is 8.33. The van der Waals surface area contributed by atoms with Gasteiger partial charge in [-0.15, -0.1) is 24.8 Å². The Morgan fingerprint density at radius 2 is 2.00 bits per heavy atom. The summed E-state index contributed by atoms with van der Waals surface area (Å²) in [4.78, 5) is 0. The summed E-state index contributed by atoms with van der Waals surface area (Å²) in [6.07, 6.45) is 3.17. The number of halogens is 2. The normalized spacial score (nSPS) is 22.6. The molecule has 1 aromatic carbocycles. The van der Waals surface area contributed by atoms with Crippen LogP contribution in [0, 0.1) is 0 Å². The molecule has 0 saturated heterocycles. The summed E-state index contributed by atoms with van der Waals surface area (Å²) >= 11 is 0. The van der Waals surface area contributed by atoms with Crippen molar-refractivity contribution in [2.24, 2.45) is 5.73 Å². The summed E-state index contributed by atoms with van der Waals surface area (Å²) < 4.78 is 5.67. The highest BCUT2D eigenvalue weighted by Crippen LogP contribution is 2.33. The van der Waals surface area contributed by atoms with Gasteiger partial charge in [0, 0.05) is 12.2 Å². The van der Waals surface area contributed by atoms with Crippen LogP contribution in [0.5, 0.6) is 0 Å². The molecule has 0 bridgehead atoms. The summed E-state index contributed by atoms with van der Waals surface area (Å²) in [5.74, 6) is 0. The Balaban J connectivity index is 0.00000112. The fourth-order valence-corrected chi connectivity index (χ4v) is 2.23. The van der Waals surface area contributed by atoms with E-state index in [1.807, 2.05) is 13.0 Å². The van der Waals surface area contributed by atoms with Crippen LogP contribution in [0.4, 0.5) is 0 Å². The predicted molar refractivity (Wildman–Crippen MR) is 71.4 cm³/mol. The molecule has 0 saturated carbocycles. The number of fused-ring (bicyclic) bond motifs is 1. The quantitative estimate of drug-likeness (QED) is 0.833. The maximum Gasteiger partial charge on any atom is 0.143 e. The molecule has 4 heteroatoms. The molecule has 0 radical (unpaired) electrons. The van der Waals surface area contributed by atoms with Crippen molar-refractivity contribution < 1.29 is 4.74 Å². The number of ether oxygens (including phenoxy) is 1. The van der Waals surface area contributed by atoms with Crippen molar-refractivity contribution in [1.29, 1.82) is 0 Å². The van der Waals surface area contributed by atoms with Crippen LogP contribution in [0.1, 0.15) is 30.9 Å². The maximum absolute atomic E-state index is 6.26. The lowest BCUT2D eigenvalue weighted by Crippen LogP contribution is -2.42. The zero-order valence-electron chi connectivity index (χ0n) is 9.44. The maximum atomic E-state index is 6.26. The van der Waals surface area contributed by atoms with Gasteiger partial charge in [-0.05, 0) is 31.7 Å². The lowest BCUT2D eigenvalue weighted by Gasteiger charge is -2.35. The Morgan fingerprint density at radius 1 is 1.31 bits per heavy atom. The molecular weight excluding hydrogens is 245 g/mol. The number of benzene rings is 1. The van der Waals surface area contributed by atoms with E-state index < -0.39 is 5.72 Å². The van der Waals surface area contributed by atoms with E-state index in [0.717, 1.165) is 19.3 Å². The zero-order valence-corrected chi connectivity index (χ0v) is 11.1. The van der Waals surface area contributed by atoms with E-state index in [2.05, 4.69) is 18.2 Å². The monoisotopic (exact) mass is 263 g/mol. The van der Waals surface area contributed by atoms with Gasteiger partial charge in [0.15, 0.2) is 0 Å². The van der Waals surface area contributed by atoms with Gasteiger partial charge in [0.25, 0.3) is 0 Å². The first-order valence-corrected chi connectivity index (χ1v) is 5.27. The summed E-state index contributed by atoms with van der Waals surface area (Å²) in [5.41, 5.74) is 8.24. The second-order valence-corrected chi connectivity index (χ2v) is 3.83. The largest absolute Gasteiger partial charge is 0.357 e. The molecule has 0 aliphatic heterocycles. The molecule has 92 valence electrons. The molecule has 0 amide bonds. The number of rotatable bonds is 2. The van der Waals surface area contributed by atoms with E-state index in [1.165, 1.54) is 11.1 Å². The number of nitrogens with two attached hydrogens (primary N) is 1. The number of hydrogen-bond acceptors (Lipinski definition) is 2. The Labute approximate surface area is 109 Å². The van der Waals surface area contributed by atoms with Crippen molar-refractivity contribution >= 4 is 24.8 Å². The minimum absolute atomic E-state index is 0. The SMILES string of the molecule is CCOC1(N)CCCc2ccccc21.Cl.Cl. The van der Waals surface area contributed by atoms with Crippen LogP contribution < -0.4 is 5.73 Å². The van der Waals surface area contributed by atoms with Gasteiger partial charge in [-0.2, -0.15) is 0 Å². The topological polar surface area (TPSA) is 35.2 Å². The van der Waals surface area contributed by atoms with Crippen LogP contribution in [0.3, 0.4) is 0 Å². The minimum atomic E-state index is -0.538. The highest BCUT2D eigenvalue weighted by atomic mass is 35.5. The van der Waals surface area contributed by atoms with Gasteiger partial charge >= 0.3 is 0 Å². The average molecular weight is 264 g/mol. The predicted octanol–water partition coefficient (Wildman–Crippen LogP) is 3.01. The van der Waals surface area contributed by atoms with E-state index in [1.54, 1.807) is 0 Å². The van der Waals surface area contributed by atoms with Gasteiger partial charge in [0.2, 0.25) is 0 Å². The average Bonchev–Trinajstić information content (AvgIpc) is 2.19. The van der Waals surface area contributed by atoms with E-state index >= 15 is 0 Å². The Morgan fingerprint density at radius 3 is 2.69 bits per heavy atom. The van der Waals surface area contributed by atoms with Crippen LogP contribution in [-0.2, 0) is 16.9 Å². The molecule has 0 heterocycles. The molecule has 1 atom stereocenters. The fourth-order valence-electron chi connectivity index (χ4n) is 2.23. The summed E-state index contributed by atoms with van der Waals surface area (Å²) in [7, 11) is 0. The van der Waals surface area contributed by atoms with Crippen molar-refractivity contribution in [3.05, 3.63) is 35.4 Å². The number of aryl methyl sites for hydroxylation is 1. The van der Waals surface area contributed by atoms with Gasteiger partial charge in [0.1, 0.15) is 5.72 Å². The van der Waals surface area contributed by atoms with Gasteiger partial charge in [0.05, 0.1) is 0 Å². The molecule has 16 heavy (non-hydrogen) atoms. The molecule has 2 nitrogen and oxygen atoms in total. The van der Waals surface area contributed by atoms with Crippen LogP contribution in [0.15, 0.2) is 24.3 Å². The molecule has 2 N–H and O–H groups in total. The lowest BCUT2D eigenvalue weighted by molar-refractivity contribution is -0.0522. The molecule has 0 aromatic heterocycles. The fraction of sp³-hybridized carbons (Fsp3) is 0.500. The first kappa shape index (κ1) is 15.7. The summed E-state index contributed by atoms with van der Waals surface area (Å²) in [5, 5.41) is 0. The van der Waals surface area contributed by atoms with Crippen molar-refractivity contribution in [3.63, 3.8) is 0 Å². The van der Waals surface area contributed by atoms with Crippen molar-refractivity contribution in [2.75, 3.05) is 6.61 Å². The standard InChI is InChI=1S/C12H17NO.2ClH/c1-2-14-12(13)9-5-7-10-6-3-4-8-11(10)12;;/h3-4,6,8H,2,5,7,9,13H2,1H3;2*1H. The second-order valence-electron chi connectivity index (χ2n) is 3.83. The first-order chi connectivity index (χ1) is 6.76. The number of hydrogen-bond donors (Lipinski definition) is 1. The van der Waals surface area contributed by atoms with Crippen LogP contribution in [-0.4, -0.2) is 6.61 Å². The first-order valence-electron chi connectivity index (χ1n) is 5.27. The molecule has 1 unspecified atom stereocenters. The Kier molecular flexibility index (Phi) is 6.34. The highest BCUT2D eigenvalue weighted by Gasteiger charge is 2.32. The van der Waals surface area contributed by atoms with E-state index in [-0.39, 0.29) is 24.8 Å². The van der Waals surface area contributed by atoms with E-state index in [9.17, 15) is 0 Å². The summed E-state index contributed by atoms with van der Waals surface area (Å²) in [6.45, 7) is 2.66. The molecular formula is C12H19Cl2NO. The smallest absolute Gasteiger partial charge is 0.143 e. The van der Waals surface area contributed by atoms with Gasteiger partial charge in [-0.1, -0.05) is 24.3 Å². The van der Waals surface area contributed by atoms with Crippen LogP contribution in [0.2, 0.25) is 0 Å². The zero-order chi connectivity index (χ0) is 10.0. The second kappa shape index (κ2) is 6.45. The molecule has 0 spiro atoms. The van der Waals surface area contributed by atoms with Crippen molar-refractivity contribution in [1.82, 2.24) is 0 Å². The molecule has 0 fully saturated rings. The third kappa shape index (κ3) is 2.89. The van der Waals surface area contributed by atoms with Crippen molar-refractivity contribution in [3.8, 4) is 0 Å². The third-order valence-electron chi connectivity index (χ3n) is 2.87. The Bertz CT molecular complexity index is 333. The van der Waals surface area contributed by atoms with Gasteiger partial charge < -0.3 is 4.74 Å². The minimum Gasteiger partial charge on any atom is -0.357 e. The van der Waals surface area contributed by atoms with E-state index in [0.29, 0.717) is 6.61 Å². The van der Waals surface area contributed by atoms with Crippen LogP contribution in [0.25, 0.3) is 0 Å². The van der Waals surface area contributed by atoms with Gasteiger partial charge in [-0.25, -0.2) is 0 Å². The van der Waals surface area contributed by atoms with E-state index in [4.69, 9.17) is 10.5 Å². The molecule has 1 aromatic rings. The molecule has 2 rings (SSSR count). The van der Waals surface area contributed by atoms with Crippen LogP contribution >= 0.6 is 24.8 Å².